The van der Waals surface area contributed by atoms with Gasteiger partial charge in [0.1, 0.15) is 11.8 Å². The highest BCUT2D eigenvalue weighted by molar-refractivity contribution is 6.30. The number of fused-ring (bicyclic) bond motifs is 2. The fourth-order valence-electron chi connectivity index (χ4n) is 3.44. The zero-order chi connectivity index (χ0) is 16.8. The molecule has 1 spiro atoms. The lowest BCUT2D eigenvalue weighted by molar-refractivity contribution is 0.00582. The van der Waals surface area contributed by atoms with Gasteiger partial charge in [0.25, 0.3) is 0 Å². The number of halogens is 1. The largest absolute Gasteiger partial charge is 0.444 e. The first-order chi connectivity index (χ1) is 10.7. The van der Waals surface area contributed by atoms with E-state index in [2.05, 4.69) is 5.32 Å². The van der Waals surface area contributed by atoms with Crippen molar-refractivity contribution in [1.82, 2.24) is 4.90 Å². The highest BCUT2D eigenvalue weighted by Crippen LogP contribution is 2.47. The average Bonchev–Trinajstić information content (AvgIpc) is 2.71. The van der Waals surface area contributed by atoms with Gasteiger partial charge in [-0.25, -0.2) is 4.79 Å². The molecule has 126 valence electrons. The Bertz CT molecular complexity index is 619. The number of amides is 1. The van der Waals surface area contributed by atoms with Gasteiger partial charge in [-0.2, -0.15) is 0 Å². The van der Waals surface area contributed by atoms with Crippen LogP contribution >= 0.6 is 11.6 Å². The second kappa shape index (κ2) is 5.56. The summed E-state index contributed by atoms with van der Waals surface area (Å²) in [6, 6.07) is 5.63. The number of likely N-dealkylation sites (tertiary alicyclic amines) is 1. The Labute approximate surface area is 141 Å². The van der Waals surface area contributed by atoms with E-state index in [4.69, 9.17) is 16.3 Å². The number of aliphatic hydroxyl groups is 1. The number of anilines is 1. The number of nitrogens with one attached hydrogen (secondary N) is 1. The number of ether oxygens (including phenoxy) is 1. The molecule has 5 nitrogen and oxygen atoms in total. The Morgan fingerprint density at radius 2 is 2.04 bits per heavy atom. The van der Waals surface area contributed by atoms with Gasteiger partial charge in [0, 0.05) is 29.2 Å². The van der Waals surface area contributed by atoms with Crippen molar-refractivity contribution in [3.63, 3.8) is 0 Å². The molecular weight excluding hydrogens is 316 g/mol. The van der Waals surface area contributed by atoms with Gasteiger partial charge in [-0.3, -0.25) is 0 Å². The highest BCUT2D eigenvalue weighted by Gasteiger charge is 2.49. The van der Waals surface area contributed by atoms with Crippen LogP contribution in [-0.2, 0) is 10.2 Å². The maximum Gasteiger partial charge on any atom is 0.410 e. The molecule has 1 aromatic carbocycles. The molecule has 2 aliphatic rings. The van der Waals surface area contributed by atoms with E-state index < -0.39 is 17.2 Å². The summed E-state index contributed by atoms with van der Waals surface area (Å²) < 4.78 is 5.43. The molecule has 2 heterocycles. The molecule has 3 rings (SSSR count). The van der Waals surface area contributed by atoms with Crippen molar-refractivity contribution in [3.8, 4) is 0 Å². The van der Waals surface area contributed by atoms with Gasteiger partial charge in [-0.1, -0.05) is 11.6 Å². The van der Waals surface area contributed by atoms with Crippen LogP contribution in [0.15, 0.2) is 18.2 Å². The monoisotopic (exact) mass is 338 g/mol. The summed E-state index contributed by atoms with van der Waals surface area (Å²) in [6.07, 6.45) is 0.400. The number of benzene rings is 1. The normalized spacial score (nSPS) is 22.7. The van der Waals surface area contributed by atoms with Crippen LogP contribution in [0.1, 0.15) is 39.2 Å². The Hall–Kier alpha value is -1.46. The fourth-order valence-corrected chi connectivity index (χ4v) is 3.62. The minimum Gasteiger partial charge on any atom is -0.444 e. The molecule has 0 aliphatic carbocycles. The number of nitrogens with zero attached hydrogens (tertiary/aromatic N) is 1. The SMILES string of the molecule is CC(C)(C)OC(=O)N1CCC2(CC1)c1cc(Cl)ccc1N[C@@H]2O. The number of hydrogen-bond acceptors (Lipinski definition) is 4. The number of rotatable bonds is 0. The number of aliphatic hydroxyl groups excluding tert-OH is 1. The molecule has 0 aromatic heterocycles. The maximum absolute atomic E-state index is 12.2. The van der Waals surface area contributed by atoms with Crippen molar-refractivity contribution in [1.29, 1.82) is 0 Å². The molecular formula is C17H23ClN2O3. The van der Waals surface area contributed by atoms with Gasteiger partial charge in [0.2, 0.25) is 0 Å². The summed E-state index contributed by atoms with van der Waals surface area (Å²) in [5, 5.41) is 14.3. The summed E-state index contributed by atoms with van der Waals surface area (Å²) >= 11 is 6.13. The van der Waals surface area contributed by atoms with E-state index >= 15 is 0 Å². The van der Waals surface area contributed by atoms with Crippen molar-refractivity contribution < 1.29 is 14.6 Å². The molecule has 1 amide bonds. The predicted molar refractivity (Wildman–Crippen MR) is 89.8 cm³/mol. The first kappa shape index (κ1) is 16.4. The van der Waals surface area contributed by atoms with Crippen LogP contribution in [0.4, 0.5) is 10.5 Å². The molecule has 1 atom stereocenters. The van der Waals surface area contributed by atoms with E-state index in [0.29, 0.717) is 31.0 Å². The highest BCUT2D eigenvalue weighted by atomic mass is 35.5. The number of carbonyl (C=O) groups is 1. The molecule has 0 unspecified atom stereocenters. The summed E-state index contributed by atoms with van der Waals surface area (Å²) in [6.45, 7) is 6.69. The molecule has 6 heteroatoms. The summed E-state index contributed by atoms with van der Waals surface area (Å²) in [5.74, 6) is 0. The van der Waals surface area contributed by atoms with E-state index in [1.165, 1.54) is 0 Å². The van der Waals surface area contributed by atoms with Gasteiger partial charge >= 0.3 is 6.09 Å². The zero-order valence-electron chi connectivity index (χ0n) is 13.7. The van der Waals surface area contributed by atoms with Crippen molar-refractivity contribution in [3.05, 3.63) is 28.8 Å². The Balaban J connectivity index is 1.76. The molecule has 1 aromatic rings. The molecule has 0 saturated carbocycles. The number of hydrogen-bond donors (Lipinski definition) is 2. The Morgan fingerprint density at radius 1 is 1.39 bits per heavy atom. The third-order valence-corrected chi connectivity index (χ3v) is 4.88. The number of piperidine rings is 1. The third-order valence-electron chi connectivity index (χ3n) is 4.64. The van der Waals surface area contributed by atoms with E-state index in [0.717, 1.165) is 11.3 Å². The minimum absolute atomic E-state index is 0.292. The molecule has 1 fully saturated rings. The first-order valence-corrected chi connectivity index (χ1v) is 8.32. The topological polar surface area (TPSA) is 61.8 Å². The smallest absolute Gasteiger partial charge is 0.410 e. The van der Waals surface area contributed by atoms with Crippen molar-refractivity contribution in [2.24, 2.45) is 0 Å². The summed E-state index contributed by atoms with van der Waals surface area (Å²) in [7, 11) is 0. The quantitative estimate of drug-likeness (QED) is 0.761. The van der Waals surface area contributed by atoms with Crippen molar-refractivity contribution >= 4 is 23.4 Å². The van der Waals surface area contributed by atoms with Crippen LogP contribution in [-0.4, -0.2) is 41.0 Å². The van der Waals surface area contributed by atoms with Crippen molar-refractivity contribution in [2.75, 3.05) is 18.4 Å². The van der Waals surface area contributed by atoms with Crippen LogP contribution in [0.25, 0.3) is 0 Å². The second-order valence-corrected chi connectivity index (χ2v) is 7.80. The van der Waals surface area contributed by atoms with Gasteiger partial charge in [0.05, 0.1) is 0 Å². The third kappa shape index (κ3) is 3.00. The van der Waals surface area contributed by atoms with Gasteiger partial charge < -0.3 is 20.1 Å². The standard InChI is InChI=1S/C17H23ClN2O3/c1-16(2,3)23-15(22)20-8-6-17(7-9-20)12-10-11(18)4-5-13(12)19-14(17)21/h4-5,10,14,19,21H,6-9H2,1-3H3/t14-/m1/s1. The van der Waals surface area contributed by atoms with E-state index in [-0.39, 0.29) is 6.09 Å². The van der Waals surface area contributed by atoms with Crippen molar-refractivity contribution in [2.45, 2.75) is 50.9 Å². The van der Waals surface area contributed by atoms with Gasteiger partial charge in [-0.15, -0.1) is 0 Å². The fraction of sp³-hybridized carbons (Fsp3) is 0.588. The zero-order valence-corrected chi connectivity index (χ0v) is 14.5. The lowest BCUT2D eigenvalue weighted by Crippen LogP contribution is -2.51. The average molecular weight is 339 g/mol. The van der Waals surface area contributed by atoms with Crippen LogP contribution in [0.5, 0.6) is 0 Å². The molecule has 2 N–H and O–H groups in total. The van der Waals surface area contributed by atoms with E-state index in [9.17, 15) is 9.90 Å². The molecule has 1 saturated heterocycles. The molecule has 0 radical (unpaired) electrons. The van der Waals surface area contributed by atoms with Crippen LogP contribution < -0.4 is 5.32 Å². The second-order valence-electron chi connectivity index (χ2n) is 7.36. The summed E-state index contributed by atoms with van der Waals surface area (Å²) in [5.41, 5.74) is 1.08. The van der Waals surface area contributed by atoms with Crippen LogP contribution in [0.2, 0.25) is 5.02 Å². The Morgan fingerprint density at radius 3 is 2.65 bits per heavy atom. The Kier molecular flexibility index (Phi) is 3.97. The molecule has 23 heavy (non-hydrogen) atoms. The van der Waals surface area contributed by atoms with Crippen LogP contribution in [0, 0.1) is 0 Å². The van der Waals surface area contributed by atoms with Gasteiger partial charge in [0.15, 0.2) is 0 Å². The number of carbonyl (C=O) groups excluding carboxylic acids is 1. The van der Waals surface area contributed by atoms with E-state index in [1.54, 1.807) is 4.90 Å². The van der Waals surface area contributed by atoms with Gasteiger partial charge in [-0.05, 0) is 57.4 Å². The lowest BCUT2D eigenvalue weighted by atomic mass is 9.73. The maximum atomic E-state index is 12.2. The summed E-state index contributed by atoms with van der Waals surface area (Å²) in [4.78, 5) is 13.9. The molecule has 2 aliphatic heterocycles. The van der Waals surface area contributed by atoms with Crippen LogP contribution in [0.3, 0.4) is 0 Å². The minimum atomic E-state index is -0.656. The predicted octanol–water partition coefficient (Wildman–Crippen LogP) is 3.35. The van der Waals surface area contributed by atoms with E-state index in [1.807, 2.05) is 39.0 Å². The molecule has 0 bridgehead atoms. The lowest BCUT2D eigenvalue weighted by Gasteiger charge is -2.41. The first-order valence-electron chi connectivity index (χ1n) is 7.94.